The van der Waals surface area contributed by atoms with Crippen molar-refractivity contribution in [2.24, 2.45) is 0 Å². The van der Waals surface area contributed by atoms with Gasteiger partial charge in [0.2, 0.25) is 5.91 Å². The van der Waals surface area contributed by atoms with Crippen LogP contribution in [0.2, 0.25) is 0 Å². The summed E-state index contributed by atoms with van der Waals surface area (Å²) in [6.07, 6.45) is 0.337. The zero-order chi connectivity index (χ0) is 20.4. The number of carboxylic acid groups (broad SMARTS) is 1. The smallest absolute Gasteiger partial charge is 0.355 e. The first kappa shape index (κ1) is 18.8. The van der Waals surface area contributed by atoms with E-state index in [0.29, 0.717) is 18.5 Å². The molecule has 0 radical (unpaired) electrons. The molecule has 8 heteroatoms. The summed E-state index contributed by atoms with van der Waals surface area (Å²) in [6.45, 7) is 0.345. The second kappa shape index (κ2) is 7.84. The fourth-order valence-electron chi connectivity index (χ4n) is 3.33. The Morgan fingerprint density at radius 3 is 2.55 bits per heavy atom. The van der Waals surface area contributed by atoms with Gasteiger partial charge in [-0.25, -0.2) is 9.78 Å². The van der Waals surface area contributed by atoms with Gasteiger partial charge in [0.05, 0.1) is 0 Å². The molecule has 2 N–H and O–H groups in total. The molecule has 1 aliphatic rings. The summed E-state index contributed by atoms with van der Waals surface area (Å²) in [6, 6.07) is 16.0. The summed E-state index contributed by atoms with van der Waals surface area (Å²) in [5.74, 6) is -1.75. The first-order valence-corrected chi connectivity index (χ1v) is 9.83. The van der Waals surface area contributed by atoms with Gasteiger partial charge in [-0.15, -0.1) is 11.3 Å². The van der Waals surface area contributed by atoms with E-state index in [1.807, 2.05) is 42.5 Å². The van der Waals surface area contributed by atoms with Crippen LogP contribution in [0.5, 0.6) is 0 Å². The van der Waals surface area contributed by atoms with Crippen molar-refractivity contribution in [3.63, 3.8) is 0 Å². The van der Waals surface area contributed by atoms with Crippen molar-refractivity contribution in [2.45, 2.75) is 19.0 Å². The van der Waals surface area contributed by atoms with E-state index < -0.39 is 17.9 Å². The number of benzene rings is 2. The van der Waals surface area contributed by atoms with E-state index >= 15 is 0 Å². The molecule has 0 fully saturated rings. The molecule has 29 heavy (non-hydrogen) atoms. The first-order chi connectivity index (χ1) is 14.0. The lowest BCUT2D eigenvalue weighted by Gasteiger charge is -2.26. The average molecular weight is 407 g/mol. The number of hydrogen-bond donors (Lipinski definition) is 2. The number of nitrogens with zero attached hydrogens (tertiary/aromatic N) is 2. The van der Waals surface area contributed by atoms with Gasteiger partial charge in [0.25, 0.3) is 5.91 Å². The summed E-state index contributed by atoms with van der Waals surface area (Å²) in [4.78, 5) is 42.5. The lowest BCUT2D eigenvalue weighted by molar-refractivity contribution is -0.120. The molecule has 1 aromatic heterocycles. The predicted molar refractivity (Wildman–Crippen MR) is 108 cm³/mol. The predicted octanol–water partition coefficient (Wildman–Crippen LogP) is 3.05. The van der Waals surface area contributed by atoms with Crippen LogP contribution in [0.4, 0.5) is 5.13 Å². The van der Waals surface area contributed by atoms with Crippen LogP contribution in [-0.2, 0) is 17.8 Å². The summed E-state index contributed by atoms with van der Waals surface area (Å²) >= 11 is 1.03. The lowest BCUT2D eigenvalue weighted by atomic mass is 10.0. The normalized spacial score (nSPS) is 13.8. The van der Waals surface area contributed by atoms with Gasteiger partial charge in [0.15, 0.2) is 10.8 Å². The van der Waals surface area contributed by atoms with Crippen LogP contribution in [0.1, 0.15) is 32.0 Å². The largest absolute Gasteiger partial charge is 0.476 e. The van der Waals surface area contributed by atoms with Crippen molar-refractivity contribution >= 4 is 34.3 Å². The van der Waals surface area contributed by atoms with Crippen molar-refractivity contribution in [1.82, 2.24) is 9.88 Å². The van der Waals surface area contributed by atoms with Gasteiger partial charge >= 0.3 is 5.97 Å². The molecule has 2 amide bonds. The number of carbonyl (C=O) groups is 3. The molecule has 0 aliphatic carbocycles. The molecule has 0 bridgehead atoms. The summed E-state index contributed by atoms with van der Waals surface area (Å²) < 4.78 is 0. The highest BCUT2D eigenvalue weighted by molar-refractivity contribution is 7.14. The molecule has 2 heterocycles. The lowest BCUT2D eigenvalue weighted by Crippen LogP contribution is -2.45. The van der Waals surface area contributed by atoms with E-state index in [2.05, 4.69) is 10.3 Å². The van der Waals surface area contributed by atoms with Crippen LogP contribution in [0.25, 0.3) is 0 Å². The quantitative estimate of drug-likeness (QED) is 0.654. The third-order valence-corrected chi connectivity index (χ3v) is 5.51. The Labute approximate surface area is 170 Å². The van der Waals surface area contributed by atoms with E-state index in [1.165, 1.54) is 5.38 Å². The second-order valence-electron chi connectivity index (χ2n) is 6.63. The van der Waals surface area contributed by atoms with E-state index in [9.17, 15) is 14.4 Å². The number of nitrogens with one attached hydrogen (secondary N) is 1. The first-order valence-electron chi connectivity index (χ1n) is 8.95. The van der Waals surface area contributed by atoms with Gasteiger partial charge in [0.1, 0.15) is 6.04 Å². The summed E-state index contributed by atoms with van der Waals surface area (Å²) in [7, 11) is 0. The molecule has 0 saturated carbocycles. The van der Waals surface area contributed by atoms with Gasteiger partial charge in [0, 0.05) is 23.9 Å². The van der Waals surface area contributed by atoms with Gasteiger partial charge in [-0.2, -0.15) is 0 Å². The maximum Gasteiger partial charge on any atom is 0.355 e. The Hall–Kier alpha value is -3.52. The number of carbonyl (C=O) groups excluding carboxylic acids is 2. The number of aromatic carboxylic acids is 1. The number of hydrogen-bond acceptors (Lipinski definition) is 5. The molecule has 1 aliphatic heterocycles. The number of fused-ring (bicyclic) bond motifs is 1. The standard InChI is InChI=1S/C21H17N3O4S/c25-18(23-21-22-16(12-29-21)20(27)28)17(10-13-6-2-1-3-7-13)24-11-14-8-4-5-9-15(14)19(24)26/h1-9,12,17H,10-11H2,(H,27,28)(H,22,23,25)/t17-/m0/s1. The molecular weight excluding hydrogens is 390 g/mol. The second-order valence-corrected chi connectivity index (χ2v) is 7.49. The van der Waals surface area contributed by atoms with E-state index in [-0.39, 0.29) is 16.7 Å². The molecule has 7 nitrogen and oxygen atoms in total. The van der Waals surface area contributed by atoms with E-state index in [0.717, 1.165) is 22.5 Å². The van der Waals surface area contributed by atoms with Crippen molar-refractivity contribution in [3.8, 4) is 0 Å². The van der Waals surface area contributed by atoms with Gasteiger partial charge in [-0.3, -0.25) is 9.59 Å². The molecule has 0 saturated heterocycles. The molecule has 0 spiro atoms. The monoisotopic (exact) mass is 407 g/mol. The highest BCUT2D eigenvalue weighted by Crippen LogP contribution is 2.27. The van der Waals surface area contributed by atoms with Crippen LogP contribution in [0.15, 0.2) is 60.0 Å². The average Bonchev–Trinajstić information content (AvgIpc) is 3.32. The highest BCUT2D eigenvalue weighted by Gasteiger charge is 2.36. The molecule has 3 aromatic rings. The number of rotatable bonds is 6. The fourth-order valence-corrected chi connectivity index (χ4v) is 4.02. The van der Waals surface area contributed by atoms with Crippen molar-refractivity contribution in [2.75, 3.05) is 5.32 Å². The van der Waals surface area contributed by atoms with Crippen molar-refractivity contribution in [1.29, 1.82) is 0 Å². The minimum atomic E-state index is -1.16. The molecular formula is C21H17N3O4S. The third-order valence-electron chi connectivity index (χ3n) is 4.75. The Morgan fingerprint density at radius 2 is 1.86 bits per heavy atom. The zero-order valence-electron chi connectivity index (χ0n) is 15.2. The number of amides is 2. The number of carboxylic acids is 1. The molecule has 1 atom stereocenters. The maximum absolute atomic E-state index is 13.1. The summed E-state index contributed by atoms with van der Waals surface area (Å²) in [5, 5.41) is 13.2. The Bertz CT molecular complexity index is 1080. The van der Waals surface area contributed by atoms with Gasteiger partial charge in [-0.1, -0.05) is 48.5 Å². The highest BCUT2D eigenvalue weighted by atomic mass is 32.1. The maximum atomic E-state index is 13.1. The van der Waals surface area contributed by atoms with Crippen LogP contribution in [0, 0.1) is 0 Å². The van der Waals surface area contributed by atoms with Crippen molar-refractivity contribution < 1.29 is 19.5 Å². The SMILES string of the molecule is O=C(O)c1csc(NC(=O)[C@H](Cc2ccccc2)N2Cc3ccccc3C2=O)n1. The van der Waals surface area contributed by atoms with Crippen LogP contribution >= 0.6 is 11.3 Å². The van der Waals surface area contributed by atoms with Crippen LogP contribution < -0.4 is 5.32 Å². The molecule has 146 valence electrons. The number of anilines is 1. The molecule has 4 rings (SSSR count). The van der Waals surface area contributed by atoms with Gasteiger partial charge < -0.3 is 15.3 Å². The molecule has 0 unspecified atom stereocenters. The van der Waals surface area contributed by atoms with Crippen molar-refractivity contribution in [3.05, 3.63) is 82.4 Å². The minimum absolute atomic E-state index is 0.130. The Morgan fingerprint density at radius 1 is 1.14 bits per heavy atom. The van der Waals surface area contributed by atoms with Crippen LogP contribution in [-0.4, -0.2) is 38.8 Å². The van der Waals surface area contributed by atoms with Gasteiger partial charge in [-0.05, 0) is 17.2 Å². The topological polar surface area (TPSA) is 99.6 Å². The third kappa shape index (κ3) is 3.88. The fraction of sp³-hybridized carbons (Fsp3) is 0.143. The number of aromatic nitrogens is 1. The van der Waals surface area contributed by atoms with E-state index in [1.54, 1.807) is 17.0 Å². The molecule has 2 aromatic carbocycles. The summed E-state index contributed by atoms with van der Waals surface area (Å²) in [5.41, 5.74) is 2.27. The van der Waals surface area contributed by atoms with Crippen LogP contribution in [0.3, 0.4) is 0 Å². The Kier molecular flexibility index (Phi) is 5.09. The minimum Gasteiger partial charge on any atom is -0.476 e. The zero-order valence-corrected chi connectivity index (χ0v) is 16.1. The van der Waals surface area contributed by atoms with E-state index in [4.69, 9.17) is 5.11 Å². The Balaban J connectivity index is 1.61. The number of thiazole rings is 1.